The molecule has 0 saturated carbocycles. The Morgan fingerprint density at radius 2 is 1.74 bits per heavy atom. The highest BCUT2D eigenvalue weighted by Crippen LogP contribution is 2.26. The van der Waals surface area contributed by atoms with E-state index in [2.05, 4.69) is 10.6 Å². The second-order valence-electron chi connectivity index (χ2n) is 6.69. The van der Waals surface area contributed by atoms with E-state index in [1.54, 1.807) is 18.2 Å². The smallest absolute Gasteiger partial charge is 0.255 e. The summed E-state index contributed by atoms with van der Waals surface area (Å²) in [6, 6.07) is 11.2. The number of hydrogen-bond acceptors (Lipinski definition) is 4. The molecule has 2 N–H and O–H groups in total. The first-order chi connectivity index (χ1) is 12.9. The van der Waals surface area contributed by atoms with E-state index in [1.807, 2.05) is 0 Å². The van der Waals surface area contributed by atoms with Crippen molar-refractivity contribution in [2.24, 2.45) is 0 Å². The van der Waals surface area contributed by atoms with Crippen LogP contribution in [0.1, 0.15) is 28.8 Å². The molecule has 2 heterocycles. The van der Waals surface area contributed by atoms with Gasteiger partial charge in [0.25, 0.3) is 5.91 Å². The molecule has 0 atom stereocenters. The molecule has 0 radical (unpaired) electrons. The summed E-state index contributed by atoms with van der Waals surface area (Å²) in [7, 11) is -3.49. The van der Waals surface area contributed by atoms with Crippen LogP contribution >= 0.6 is 0 Å². The van der Waals surface area contributed by atoms with Crippen molar-refractivity contribution in [1.82, 2.24) is 4.31 Å². The van der Waals surface area contributed by atoms with Gasteiger partial charge in [-0.05, 0) is 60.9 Å². The number of hydrogen-bond donors (Lipinski definition) is 2. The van der Waals surface area contributed by atoms with Gasteiger partial charge < -0.3 is 10.6 Å². The average molecular weight is 385 g/mol. The number of fused-ring (bicyclic) bond motifs is 1. The maximum Gasteiger partial charge on any atom is 0.255 e. The van der Waals surface area contributed by atoms with Crippen LogP contribution in [0.4, 0.5) is 11.4 Å². The lowest BCUT2D eigenvalue weighted by Gasteiger charge is -2.15. The Kier molecular flexibility index (Phi) is 4.45. The van der Waals surface area contributed by atoms with Crippen LogP contribution in [0, 0.1) is 0 Å². The van der Waals surface area contributed by atoms with Crippen LogP contribution in [0.3, 0.4) is 0 Å². The summed E-state index contributed by atoms with van der Waals surface area (Å²) >= 11 is 0. The second kappa shape index (κ2) is 6.79. The predicted octanol–water partition coefficient (Wildman–Crippen LogP) is 2.22. The van der Waals surface area contributed by atoms with Crippen molar-refractivity contribution in [3.8, 4) is 0 Å². The Morgan fingerprint density at radius 1 is 1.04 bits per heavy atom. The van der Waals surface area contributed by atoms with Crippen LogP contribution in [0.25, 0.3) is 0 Å². The lowest BCUT2D eigenvalue weighted by atomic mass is 10.1. The number of amides is 2. The standard InChI is InChI=1S/C19H19N3O4S/c23-18-12-14-11-15(5-8-17(14)21-18)20-19(24)13-3-6-16(7-4-13)27(25,26)22-9-1-2-10-22/h3-8,11H,1-2,9-10,12H2,(H,20,24)(H,21,23). The maximum atomic E-state index is 12.5. The van der Waals surface area contributed by atoms with Gasteiger partial charge in [-0.3, -0.25) is 9.59 Å². The van der Waals surface area contributed by atoms with Crippen LogP contribution in [0.15, 0.2) is 47.4 Å². The third kappa shape index (κ3) is 3.45. The minimum absolute atomic E-state index is 0.0664. The van der Waals surface area contributed by atoms with E-state index in [1.165, 1.54) is 28.6 Å². The van der Waals surface area contributed by atoms with Crippen molar-refractivity contribution in [2.45, 2.75) is 24.2 Å². The first-order valence-electron chi connectivity index (χ1n) is 8.78. The third-order valence-corrected chi connectivity index (χ3v) is 6.72. The zero-order chi connectivity index (χ0) is 19.0. The molecule has 2 amide bonds. The number of carbonyl (C=O) groups excluding carboxylic acids is 2. The van der Waals surface area contributed by atoms with E-state index in [0.717, 1.165) is 24.1 Å². The van der Waals surface area contributed by atoms with Crippen LogP contribution in [-0.2, 0) is 21.2 Å². The van der Waals surface area contributed by atoms with E-state index in [9.17, 15) is 18.0 Å². The molecule has 27 heavy (non-hydrogen) atoms. The first kappa shape index (κ1) is 17.7. The molecule has 140 valence electrons. The van der Waals surface area contributed by atoms with Crippen molar-refractivity contribution in [3.63, 3.8) is 0 Å². The van der Waals surface area contributed by atoms with E-state index in [-0.39, 0.29) is 16.7 Å². The number of anilines is 2. The fourth-order valence-corrected chi connectivity index (χ4v) is 4.88. The molecular formula is C19H19N3O4S. The molecule has 2 aliphatic heterocycles. The topological polar surface area (TPSA) is 95.6 Å². The van der Waals surface area contributed by atoms with Crippen LogP contribution in [0.5, 0.6) is 0 Å². The van der Waals surface area contributed by atoms with E-state index >= 15 is 0 Å². The lowest BCUT2D eigenvalue weighted by Crippen LogP contribution is -2.27. The van der Waals surface area contributed by atoms with Crippen molar-refractivity contribution >= 4 is 33.2 Å². The summed E-state index contributed by atoms with van der Waals surface area (Å²) in [6.07, 6.45) is 2.05. The van der Waals surface area contributed by atoms with Crippen molar-refractivity contribution in [2.75, 3.05) is 23.7 Å². The molecule has 4 rings (SSSR count). The van der Waals surface area contributed by atoms with Gasteiger partial charge in [0.2, 0.25) is 15.9 Å². The van der Waals surface area contributed by atoms with Gasteiger partial charge in [0.15, 0.2) is 0 Å². The second-order valence-corrected chi connectivity index (χ2v) is 8.62. The number of nitrogens with one attached hydrogen (secondary N) is 2. The zero-order valence-electron chi connectivity index (χ0n) is 14.6. The van der Waals surface area contributed by atoms with Crippen molar-refractivity contribution in [1.29, 1.82) is 0 Å². The van der Waals surface area contributed by atoms with Gasteiger partial charge in [-0.25, -0.2) is 8.42 Å². The number of sulfonamides is 1. The monoisotopic (exact) mass is 385 g/mol. The summed E-state index contributed by atoms with van der Waals surface area (Å²) in [4.78, 5) is 24.1. The SMILES string of the molecule is O=C1Cc2cc(NC(=O)c3ccc(S(=O)(=O)N4CCCC4)cc3)ccc2N1. The first-order valence-corrected chi connectivity index (χ1v) is 10.2. The molecule has 7 nitrogen and oxygen atoms in total. The largest absolute Gasteiger partial charge is 0.326 e. The molecule has 0 unspecified atom stereocenters. The molecule has 8 heteroatoms. The summed E-state index contributed by atoms with van der Waals surface area (Å²) in [5.41, 5.74) is 2.55. The van der Waals surface area contributed by atoms with Gasteiger partial charge in [0.05, 0.1) is 11.3 Å². The fraction of sp³-hybridized carbons (Fsp3) is 0.263. The minimum Gasteiger partial charge on any atom is -0.326 e. The molecule has 1 fully saturated rings. The normalized spacial score (nSPS) is 16.8. The summed E-state index contributed by atoms with van der Waals surface area (Å²) in [5.74, 6) is -0.402. The van der Waals surface area contributed by atoms with Crippen LogP contribution in [-0.4, -0.2) is 37.6 Å². The minimum atomic E-state index is -3.49. The Labute approximate surface area is 157 Å². The van der Waals surface area contributed by atoms with E-state index in [4.69, 9.17) is 0 Å². The average Bonchev–Trinajstić information content (AvgIpc) is 3.30. The van der Waals surface area contributed by atoms with E-state index in [0.29, 0.717) is 30.8 Å². The molecule has 0 aromatic heterocycles. The molecule has 0 aliphatic carbocycles. The van der Waals surface area contributed by atoms with Gasteiger partial charge >= 0.3 is 0 Å². The maximum absolute atomic E-state index is 12.5. The molecule has 2 aromatic carbocycles. The lowest BCUT2D eigenvalue weighted by molar-refractivity contribution is -0.115. The molecule has 1 saturated heterocycles. The van der Waals surface area contributed by atoms with Gasteiger partial charge in [-0.2, -0.15) is 4.31 Å². The Balaban J connectivity index is 1.48. The highest BCUT2D eigenvalue weighted by Gasteiger charge is 2.27. The molecule has 2 aliphatic rings. The quantitative estimate of drug-likeness (QED) is 0.844. The molecular weight excluding hydrogens is 366 g/mol. The van der Waals surface area contributed by atoms with Gasteiger partial charge in [-0.15, -0.1) is 0 Å². The van der Waals surface area contributed by atoms with Crippen LogP contribution < -0.4 is 10.6 Å². The molecule has 0 bridgehead atoms. The van der Waals surface area contributed by atoms with Gasteiger partial charge in [-0.1, -0.05) is 0 Å². The number of benzene rings is 2. The number of rotatable bonds is 4. The number of nitrogens with zero attached hydrogens (tertiary/aromatic N) is 1. The Morgan fingerprint density at radius 3 is 2.44 bits per heavy atom. The highest BCUT2D eigenvalue weighted by atomic mass is 32.2. The molecule has 2 aromatic rings. The number of carbonyl (C=O) groups is 2. The Bertz CT molecular complexity index is 1010. The predicted molar refractivity (Wildman–Crippen MR) is 101 cm³/mol. The third-order valence-electron chi connectivity index (χ3n) is 4.81. The van der Waals surface area contributed by atoms with Gasteiger partial charge in [0, 0.05) is 30.0 Å². The summed E-state index contributed by atoms with van der Waals surface area (Å²) in [6.45, 7) is 1.08. The molecule has 0 spiro atoms. The van der Waals surface area contributed by atoms with E-state index < -0.39 is 10.0 Å². The fourth-order valence-electron chi connectivity index (χ4n) is 3.37. The zero-order valence-corrected chi connectivity index (χ0v) is 15.4. The van der Waals surface area contributed by atoms with Crippen molar-refractivity contribution < 1.29 is 18.0 Å². The van der Waals surface area contributed by atoms with Gasteiger partial charge in [0.1, 0.15) is 0 Å². The summed E-state index contributed by atoms with van der Waals surface area (Å²) in [5, 5.41) is 5.52. The highest BCUT2D eigenvalue weighted by molar-refractivity contribution is 7.89. The Hall–Kier alpha value is -2.71. The summed E-state index contributed by atoms with van der Waals surface area (Å²) < 4.78 is 26.5. The van der Waals surface area contributed by atoms with Crippen molar-refractivity contribution in [3.05, 3.63) is 53.6 Å². The van der Waals surface area contributed by atoms with Crippen LogP contribution in [0.2, 0.25) is 0 Å².